The summed E-state index contributed by atoms with van der Waals surface area (Å²) >= 11 is 0. The third kappa shape index (κ3) is 2.52. The van der Waals surface area contributed by atoms with Gasteiger partial charge >= 0.3 is 0 Å². The van der Waals surface area contributed by atoms with Gasteiger partial charge < -0.3 is 14.9 Å². The second-order valence-electron chi connectivity index (χ2n) is 6.82. The van der Waals surface area contributed by atoms with Gasteiger partial charge in [0.05, 0.1) is 18.8 Å². The third-order valence-corrected chi connectivity index (χ3v) is 4.87. The molecule has 0 radical (unpaired) electrons. The number of terminal acetylenes is 1. The van der Waals surface area contributed by atoms with Crippen LogP contribution >= 0.6 is 0 Å². The summed E-state index contributed by atoms with van der Waals surface area (Å²) < 4.78 is 2.78. The number of carbonyl (C=O) groups is 1. The van der Waals surface area contributed by atoms with Crippen molar-refractivity contribution >= 4 is 17.5 Å². The lowest BCUT2D eigenvalue weighted by molar-refractivity contribution is 0.0776. The molecule has 0 fully saturated rings. The maximum atomic E-state index is 13.1. The van der Waals surface area contributed by atoms with Gasteiger partial charge in [0, 0.05) is 20.5 Å². The molecule has 4 rings (SSSR count). The molecule has 0 aliphatic carbocycles. The summed E-state index contributed by atoms with van der Waals surface area (Å²) in [7, 11) is 3.47. The lowest BCUT2D eigenvalue weighted by Gasteiger charge is -2.30. The molecule has 1 aliphatic heterocycles. The monoisotopic (exact) mass is 377 g/mol. The van der Waals surface area contributed by atoms with Gasteiger partial charge in [-0.25, -0.2) is 4.40 Å². The van der Waals surface area contributed by atoms with Crippen molar-refractivity contribution in [3.8, 4) is 18.2 Å². The van der Waals surface area contributed by atoms with Gasteiger partial charge in [-0.2, -0.15) is 4.98 Å². The minimum Gasteiger partial charge on any atom is -0.494 e. The standard InChI is InChI=1S/C20H19N5O3/c1-4-8-14-17(26)24(11-13-9-6-5-7-10-13)20-21-16-15(25(20)18(14)27)19(28)23(3)12-22(16)2/h1,5-7,9-10,27H,8,11-12H2,2-3H3. The van der Waals surface area contributed by atoms with Crippen LogP contribution in [0.1, 0.15) is 21.6 Å². The summed E-state index contributed by atoms with van der Waals surface area (Å²) in [6.45, 7) is 0.598. The highest BCUT2D eigenvalue weighted by atomic mass is 16.3. The van der Waals surface area contributed by atoms with Crippen molar-refractivity contribution in [3.05, 3.63) is 57.5 Å². The van der Waals surface area contributed by atoms with E-state index in [4.69, 9.17) is 6.42 Å². The summed E-state index contributed by atoms with van der Waals surface area (Å²) in [6.07, 6.45) is 5.36. The van der Waals surface area contributed by atoms with Crippen LogP contribution in [0, 0.1) is 12.3 Å². The lowest BCUT2D eigenvalue weighted by Crippen LogP contribution is -2.43. The highest BCUT2D eigenvalue weighted by Gasteiger charge is 2.33. The second-order valence-corrected chi connectivity index (χ2v) is 6.82. The fraction of sp³-hybridized carbons (Fsp3) is 0.250. The number of rotatable bonds is 3. The van der Waals surface area contributed by atoms with Gasteiger partial charge in [0.25, 0.3) is 11.5 Å². The van der Waals surface area contributed by atoms with Crippen LogP contribution < -0.4 is 10.5 Å². The highest BCUT2D eigenvalue weighted by molar-refractivity contribution is 6.00. The molecule has 1 amide bonds. The van der Waals surface area contributed by atoms with Crippen LogP contribution in [0.5, 0.6) is 5.88 Å². The van der Waals surface area contributed by atoms with Crippen molar-refractivity contribution in [1.29, 1.82) is 0 Å². The summed E-state index contributed by atoms with van der Waals surface area (Å²) in [5.74, 6) is 2.40. The van der Waals surface area contributed by atoms with E-state index in [1.54, 1.807) is 19.0 Å². The minimum absolute atomic E-state index is 0.0534. The number of nitrogens with zero attached hydrogens (tertiary/aromatic N) is 5. The Kier molecular flexibility index (Phi) is 4.08. The Morgan fingerprint density at radius 3 is 2.57 bits per heavy atom. The van der Waals surface area contributed by atoms with E-state index in [0.717, 1.165) is 5.56 Å². The molecule has 1 N–H and O–H groups in total. The highest BCUT2D eigenvalue weighted by Crippen LogP contribution is 2.30. The average Bonchev–Trinajstić information content (AvgIpc) is 3.09. The summed E-state index contributed by atoms with van der Waals surface area (Å²) in [4.78, 5) is 33.7. The normalized spacial score (nSPS) is 13.7. The topological polar surface area (TPSA) is 83.1 Å². The number of carbonyl (C=O) groups excluding carboxylic acids is 1. The number of imidazole rings is 1. The molecule has 3 aromatic rings. The van der Waals surface area contributed by atoms with Crippen LogP contribution in [-0.2, 0) is 13.0 Å². The fourth-order valence-corrected chi connectivity index (χ4v) is 3.52. The molecular formula is C20H19N5O3. The molecule has 142 valence electrons. The number of hydrogen-bond acceptors (Lipinski definition) is 5. The Bertz CT molecular complexity index is 1190. The molecule has 0 unspecified atom stereocenters. The van der Waals surface area contributed by atoms with Crippen molar-refractivity contribution in [2.24, 2.45) is 0 Å². The number of aromatic hydroxyl groups is 1. The van der Waals surface area contributed by atoms with E-state index in [0.29, 0.717) is 12.5 Å². The lowest BCUT2D eigenvalue weighted by atomic mass is 10.2. The van der Waals surface area contributed by atoms with Gasteiger partial charge in [0.2, 0.25) is 11.7 Å². The Labute approximate surface area is 161 Å². The molecule has 1 aliphatic rings. The first-order valence-corrected chi connectivity index (χ1v) is 8.75. The minimum atomic E-state index is -0.419. The van der Waals surface area contributed by atoms with Gasteiger partial charge in [-0.05, 0) is 5.56 Å². The van der Waals surface area contributed by atoms with Crippen LogP contribution in [0.2, 0.25) is 0 Å². The zero-order chi connectivity index (χ0) is 20.0. The number of benzene rings is 1. The zero-order valence-corrected chi connectivity index (χ0v) is 15.6. The molecule has 2 aromatic heterocycles. The maximum absolute atomic E-state index is 13.1. The first kappa shape index (κ1) is 17.7. The summed E-state index contributed by atoms with van der Waals surface area (Å²) in [5, 5.41) is 10.8. The molecule has 0 saturated carbocycles. The Hall–Kier alpha value is -3.73. The average molecular weight is 377 g/mol. The smallest absolute Gasteiger partial charge is 0.276 e. The summed E-state index contributed by atoms with van der Waals surface area (Å²) in [6, 6.07) is 9.43. The molecule has 28 heavy (non-hydrogen) atoms. The second kappa shape index (κ2) is 6.46. The van der Waals surface area contributed by atoms with E-state index >= 15 is 0 Å². The predicted octanol–water partition coefficient (Wildman–Crippen LogP) is 0.905. The van der Waals surface area contributed by atoms with Crippen LogP contribution in [-0.4, -0.2) is 50.6 Å². The van der Waals surface area contributed by atoms with E-state index in [-0.39, 0.29) is 41.8 Å². The van der Waals surface area contributed by atoms with Crippen molar-refractivity contribution in [2.45, 2.75) is 13.0 Å². The largest absolute Gasteiger partial charge is 0.494 e. The molecular weight excluding hydrogens is 358 g/mol. The van der Waals surface area contributed by atoms with Crippen LogP contribution in [0.15, 0.2) is 35.1 Å². The van der Waals surface area contributed by atoms with E-state index < -0.39 is 5.56 Å². The number of anilines is 1. The Morgan fingerprint density at radius 2 is 1.89 bits per heavy atom. The molecule has 0 saturated heterocycles. The number of amides is 1. The van der Waals surface area contributed by atoms with Crippen LogP contribution in [0.3, 0.4) is 0 Å². The number of aromatic nitrogens is 3. The van der Waals surface area contributed by atoms with Crippen LogP contribution in [0.4, 0.5) is 5.82 Å². The van der Waals surface area contributed by atoms with Crippen LogP contribution in [0.25, 0.3) is 5.78 Å². The Balaban J connectivity index is 2.08. The molecule has 1 aromatic carbocycles. The van der Waals surface area contributed by atoms with Gasteiger partial charge in [-0.1, -0.05) is 30.3 Å². The van der Waals surface area contributed by atoms with Gasteiger partial charge in [-0.3, -0.25) is 14.2 Å². The molecule has 8 nitrogen and oxygen atoms in total. The summed E-state index contributed by atoms with van der Waals surface area (Å²) in [5.41, 5.74) is 0.748. The van der Waals surface area contributed by atoms with Crippen molar-refractivity contribution in [1.82, 2.24) is 18.9 Å². The van der Waals surface area contributed by atoms with Crippen molar-refractivity contribution in [3.63, 3.8) is 0 Å². The molecule has 8 heteroatoms. The Morgan fingerprint density at radius 1 is 1.18 bits per heavy atom. The van der Waals surface area contributed by atoms with Gasteiger partial charge in [0.15, 0.2) is 11.5 Å². The van der Waals surface area contributed by atoms with Crippen molar-refractivity contribution in [2.75, 3.05) is 25.7 Å². The first-order valence-electron chi connectivity index (χ1n) is 8.75. The quantitative estimate of drug-likeness (QED) is 0.686. The molecule has 0 bridgehead atoms. The van der Waals surface area contributed by atoms with E-state index in [1.807, 2.05) is 30.3 Å². The van der Waals surface area contributed by atoms with E-state index in [1.165, 1.54) is 13.9 Å². The number of fused-ring (bicyclic) bond motifs is 3. The fourth-order valence-electron chi connectivity index (χ4n) is 3.52. The van der Waals surface area contributed by atoms with Gasteiger partial charge in [-0.15, -0.1) is 12.3 Å². The SMILES string of the molecule is C#CCc1c(O)n2c3c(nc2n(Cc2ccccc2)c1=O)N(C)CN(C)C3=O. The zero-order valence-electron chi connectivity index (χ0n) is 15.6. The van der Waals surface area contributed by atoms with E-state index in [2.05, 4.69) is 10.9 Å². The maximum Gasteiger partial charge on any atom is 0.276 e. The molecule has 3 heterocycles. The van der Waals surface area contributed by atoms with Gasteiger partial charge in [0.1, 0.15) is 0 Å². The molecule has 0 spiro atoms. The van der Waals surface area contributed by atoms with E-state index in [9.17, 15) is 14.7 Å². The van der Waals surface area contributed by atoms with Crippen molar-refractivity contribution < 1.29 is 9.90 Å². The number of hydrogen-bond donors (Lipinski definition) is 1. The first-order chi connectivity index (χ1) is 13.4. The predicted molar refractivity (Wildman–Crippen MR) is 105 cm³/mol. The molecule has 0 atom stereocenters. The third-order valence-electron chi connectivity index (χ3n) is 4.87.